The minimum atomic E-state index is -0.517. The monoisotopic (exact) mass is 338 g/mol. The summed E-state index contributed by atoms with van der Waals surface area (Å²) < 4.78 is 10.4. The lowest BCUT2D eigenvalue weighted by Crippen LogP contribution is -2.10. The van der Waals surface area contributed by atoms with E-state index < -0.39 is 5.97 Å². The summed E-state index contributed by atoms with van der Waals surface area (Å²) in [4.78, 5) is 22.8. The Morgan fingerprint density at radius 1 is 0.960 bits per heavy atom. The van der Waals surface area contributed by atoms with E-state index in [9.17, 15) is 9.59 Å². The van der Waals surface area contributed by atoms with Gasteiger partial charge in [-0.25, -0.2) is 4.79 Å². The number of rotatable bonds is 5. The predicted molar refractivity (Wildman–Crippen MR) is 98.2 cm³/mol. The SMILES string of the molecule is COc1cc(C=O)ccc1OC(=O)/C=C/c1ccc(C(C)(C)C)cc1. The first-order chi connectivity index (χ1) is 11.8. The first-order valence-corrected chi connectivity index (χ1v) is 7.97. The predicted octanol–water partition coefficient (Wildman–Crippen LogP) is 4.42. The molecule has 0 spiro atoms. The van der Waals surface area contributed by atoms with Crippen molar-refractivity contribution in [1.82, 2.24) is 0 Å². The summed E-state index contributed by atoms with van der Waals surface area (Å²) in [6.45, 7) is 6.45. The van der Waals surface area contributed by atoms with Gasteiger partial charge < -0.3 is 9.47 Å². The molecular formula is C21H22O4. The van der Waals surface area contributed by atoms with Gasteiger partial charge in [0.15, 0.2) is 11.5 Å². The summed E-state index contributed by atoms with van der Waals surface area (Å²) in [7, 11) is 1.45. The lowest BCUT2D eigenvalue weighted by Gasteiger charge is -2.18. The number of methoxy groups -OCH3 is 1. The van der Waals surface area contributed by atoms with Gasteiger partial charge in [-0.05, 0) is 40.8 Å². The van der Waals surface area contributed by atoms with Crippen molar-refractivity contribution in [2.45, 2.75) is 26.2 Å². The Balaban J connectivity index is 2.07. The molecule has 25 heavy (non-hydrogen) atoms. The van der Waals surface area contributed by atoms with Gasteiger partial charge in [-0.1, -0.05) is 45.0 Å². The molecule has 0 atom stereocenters. The molecule has 0 aromatic heterocycles. The average molecular weight is 338 g/mol. The molecule has 0 heterocycles. The Bertz CT molecular complexity index is 781. The average Bonchev–Trinajstić information content (AvgIpc) is 2.60. The van der Waals surface area contributed by atoms with Gasteiger partial charge in [0, 0.05) is 11.6 Å². The number of carbonyl (C=O) groups excluding carboxylic acids is 2. The van der Waals surface area contributed by atoms with Gasteiger partial charge in [0.25, 0.3) is 0 Å². The van der Waals surface area contributed by atoms with Gasteiger partial charge in [-0.3, -0.25) is 4.79 Å². The molecule has 0 aliphatic carbocycles. The second-order valence-corrected chi connectivity index (χ2v) is 6.65. The zero-order valence-corrected chi connectivity index (χ0v) is 14.9. The van der Waals surface area contributed by atoms with E-state index in [4.69, 9.17) is 9.47 Å². The van der Waals surface area contributed by atoms with Crippen LogP contribution in [0.4, 0.5) is 0 Å². The molecule has 4 heteroatoms. The zero-order chi connectivity index (χ0) is 18.4. The fourth-order valence-corrected chi connectivity index (χ4v) is 2.24. The number of esters is 1. The highest BCUT2D eigenvalue weighted by atomic mass is 16.6. The normalized spacial score (nSPS) is 11.4. The van der Waals surface area contributed by atoms with Gasteiger partial charge in [0.2, 0.25) is 0 Å². The second kappa shape index (κ2) is 7.79. The number of aldehydes is 1. The number of benzene rings is 2. The summed E-state index contributed by atoms with van der Waals surface area (Å²) in [5, 5.41) is 0. The molecule has 0 amide bonds. The molecule has 4 nitrogen and oxygen atoms in total. The summed E-state index contributed by atoms with van der Waals surface area (Å²) in [5.74, 6) is 0.0868. The maximum atomic E-state index is 12.0. The third-order valence-electron chi connectivity index (χ3n) is 3.72. The summed E-state index contributed by atoms with van der Waals surface area (Å²) in [6.07, 6.45) is 3.76. The van der Waals surface area contributed by atoms with E-state index >= 15 is 0 Å². The number of hydrogen-bond donors (Lipinski definition) is 0. The number of ether oxygens (including phenoxy) is 2. The van der Waals surface area contributed by atoms with Crippen LogP contribution in [-0.2, 0) is 10.2 Å². The van der Waals surface area contributed by atoms with Gasteiger partial charge in [0.1, 0.15) is 6.29 Å². The van der Waals surface area contributed by atoms with E-state index in [-0.39, 0.29) is 11.2 Å². The van der Waals surface area contributed by atoms with Crippen LogP contribution in [0.2, 0.25) is 0 Å². The molecule has 0 saturated carbocycles. The lowest BCUT2D eigenvalue weighted by molar-refractivity contribution is -0.129. The van der Waals surface area contributed by atoms with E-state index in [1.165, 1.54) is 30.9 Å². The largest absolute Gasteiger partial charge is 0.493 e. The molecule has 2 aromatic carbocycles. The molecule has 0 bridgehead atoms. The van der Waals surface area contributed by atoms with E-state index in [1.54, 1.807) is 12.1 Å². The summed E-state index contributed by atoms with van der Waals surface area (Å²) >= 11 is 0. The number of carbonyl (C=O) groups is 2. The van der Waals surface area contributed by atoms with Crippen LogP contribution < -0.4 is 9.47 Å². The minimum Gasteiger partial charge on any atom is -0.493 e. The fourth-order valence-electron chi connectivity index (χ4n) is 2.24. The molecule has 0 aliphatic heterocycles. The van der Waals surface area contributed by atoms with Crippen molar-refractivity contribution in [2.24, 2.45) is 0 Å². The third kappa shape index (κ3) is 5.05. The van der Waals surface area contributed by atoms with Crippen molar-refractivity contribution < 1.29 is 19.1 Å². The molecular weight excluding hydrogens is 316 g/mol. The molecule has 0 N–H and O–H groups in total. The van der Waals surface area contributed by atoms with Crippen LogP contribution in [0.3, 0.4) is 0 Å². The minimum absolute atomic E-state index is 0.0887. The molecule has 130 valence electrons. The highest BCUT2D eigenvalue weighted by Crippen LogP contribution is 2.28. The molecule has 0 radical (unpaired) electrons. The second-order valence-electron chi connectivity index (χ2n) is 6.65. The van der Waals surface area contributed by atoms with Crippen LogP contribution in [-0.4, -0.2) is 19.4 Å². The van der Waals surface area contributed by atoms with Crippen molar-refractivity contribution in [3.05, 3.63) is 65.2 Å². The maximum absolute atomic E-state index is 12.0. The Labute approximate surface area is 148 Å². The van der Waals surface area contributed by atoms with E-state index in [2.05, 4.69) is 20.8 Å². The topological polar surface area (TPSA) is 52.6 Å². The Kier molecular flexibility index (Phi) is 5.75. The van der Waals surface area contributed by atoms with Crippen LogP contribution in [0.1, 0.15) is 42.3 Å². The first kappa shape index (κ1) is 18.5. The Hall–Kier alpha value is -2.88. The molecule has 0 unspecified atom stereocenters. The van der Waals surface area contributed by atoms with Gasteiger partial charge >= 0.3 is 5.97 Å². The van der Waals surface area contributed by atoms with Crippen LogP contribution in [0.25, 0.3) is 6.08 Å². The van der Waals surface area contributed by atoms with Crippen molar-refractivity contribution in [3.63, 3.8) is 0 Å². The van der Waals surface area contributed by atoms with E-state index in [0.717, 1.165) is 5.56 Å². The standard InChI is InChI=1S/C21H22O4/c1-21(2,3)17-9-5-15(6-10-17)8-12-20(23)25-18-11-7-16(14-22)13-19(18)24-4/h5-14H,1-4H3/b12-8+. The van der Waals surface area contributed by atoms with Crippen molar-refractivity contribution >= 4 is 18.3 Å². The van der Waals surface area contributed by atoms with Crippen molar-refractivity contribution in [1.29, 1.82) is 0 Å². The molecule has 0 fully saturated rings. The van der Waals surface area contributed by atoms with Gasteiger partial charge in [0.05, 0.1) is 7.11 Å². The molecule has 0 aliphatic rings. The van der Waals surface area contributed by atoms with Crippen LogP contribution in [0.15, 0.2) is 48.5 Å². The van der Waals surface area contributed by atoms with Gasteiger partial charge in [-0.15, -0.1) is 0 Å². The van der Waals surface area contributed by atoms with Gasteiger partial charge in [-0.2, -0.15) is 0 Å². The quantitative estimate of drug-likeness (QED) is 0.350. The molecule has 0 saturated heterocycles. The van der Waals surface area contributed by atoms with Crippen LogP contribution in [0, 0.1) is 0 Å². The Morgan fingerprint density at radius 2 is 1.60 bits per heavy atom. The van der Waals surface area contributed by atoms with Crippen LogP contribution in [0.5, 0.6) is 11.5 Å². The smallest absolute Gasteiger partial charge is 0.336 e. The van der Waals surface area contributed by atoms with E-state index in [1.807, 2.05) is 24.3 Å². The van der Waals surface area contributed by atoms with Crippen LogP contribution >= 0.6 is 0 Å². The molecule has 2 aromatic rings. The Morgan fingerprint density at radius 3 is 2.16 bits per heavy atom. The van der Waals surface area contributed by atoms with E-state index in [0.29, 0.717) is 17.6 Å². The highest BCUT2D eigenvalue weighted by molar-refractivity contribution is 5.89. The zero-order valence-electron chi connectivity index (χ0n) is 14.9. The molecule has 2 rings (SSSR count). The lowest BCUT2D eigenvalue weighted by atomic mass is 9.87. The van der Waals surface area contributed by atoms with Crippen molar-refractivity contribution in [3.8, 4) is 11.5 Å². The summed E-state index contributed by atoms with van der Waals surface area (Å²) in [5.41, 5.74) is 2.68. The summed E-state index contributed by atoms with van der Waals surface area (Å²) in [6, 6.07) is 12.6. The third-order valence-corrected chi connectivity index (χ3v) is 3.72. The first-order valence-electron chi connectivity index (χ1n) is 7.97. The maximum Gasteiger partial charge on any atom is 0.336 e. The van der Waals surface area contributed by atoms with Crippen molar-refractivity contribution in [2.75, 3.05) is 7.11 Å². The number of hydrogen-bond acceptors (Lipinski definition) is 4. The fraction of sp³-hybridized carbons (Fsp3) is 0.238. The highest BCUT2D eigenvalue weighted by Gasteiger charge is 2.12.